The maximum atomic E-state index is 11.7. The molecule has 88 valence electrons. The third-order valence-corrected chi connectivity index (χ3v) is 3.59. The molecule has 0 aromatic heterocycles. The molecule has 0 spiro atoms. The molecular weight excluding hydrogens is 289 g/mol. The zero-order valence-electron chi connectivity index (χ0n) is 9.34. The molecule has 0 aliphatic rings. The molecule has 2 atom stereocenters. The predicted molar refractivity (Wildman–Crippen MR) is 70.6 cm³/mol. The average Bonchev–Trinajstić information content (AvgIpc) is 2.28. The van der Waals surface area contributed by atoms with Gasteiger partial charge >= 0.3 is 0 Å². The van der Waals surface area contributed by atoms with E-state index in [1.165, 1.54) is 0 Å². The highest BCUT2D eigenvalue weighted by Gasteiger charge is 2.16. The minimum Gasteiger partial charge on any atom is -0.349 e. The summed E-state index contributed by atoms with van der Waals surface area (Å²) in [5, 5.41) is 2.93. The SMILES string of the molecule is CC(CCl)C(=O)N[C@@H](C)c1ccccc1Br. The highest BCUT2D eigenvalue weighted by atomic mass is 79.9. The molecule has 0 radical (unpaired) electrons. The third-order valence-electron chi connectivity index (χ3n) is 2.41. The van der Waals surface area contributed by atoms with E-state index in [4.69, 9.17) is 11.6 Å². The van der Waals surface area contributed by atoms with Crippen LogP contribution >= 0.6 is 27.5 Å². The van der Waals surface area contributed by atoms with Crippen LogP contribution in [0.2, 0.25) is 0 Å². The first-order chi connectivity index (χ1) is 7.56. The lowest BCUT2D eigenvalue weighted by Crippen LogP contribution is -2.32. The van der Waals surface area contributed by atoms with Gasteiger partial charge in [0.05, 0.1) is 6.04 Å². The lowest BCUT2D eigenvalue weighted by Gasteiger charge is -2.17. The number of carbonyl (C=O) groups excluding carboxylic acids is 1. The minimum atomic E-state index is -0.161. The Morgan fingerprint density at radius 1 is 1.44 bits per heavy atom. The molecule has 2 nitrogen and oxygen atoms in total. The van der Waals surface area contributed by atoms with Gasteiger partial charge in [-0.05, 0) is 18.6 Å². The van der Waals surface area contributed by atoms with E-state index in [-0.39, 0.29) is 17.9 Å². The van der Waals surface area contributed by atoms with Crippen molar-refractivity contribution in [3.8, 4) is 0 Å². The summed E-state index contributed by atoms with van der Waals surface area (Å²) in [7, 11) is 0. The molecule has 1 aromatic rings. The maximum absolute atomic E-state index is 11.7. The molecule has 1 aromatic carbocycles. The zero-order chi connectivity index (χ0) is 12.1. The Morgan fingerprint density at radius 3 is 2.62 bits per heavy atom. The van der Waals surface area contributed by atoms with Crippen LogP contribution in [0.3, 0.4) is 0 Å². The van der Waals surface area contributed by atoms with Crippen molar-refractivity contribution in [1.29, 1.82) is 0 Å². The summed E-state index contributed by atoms with van der Waals surface area (Å²) < 4.78 is 1.00. The van der Waals surface area contributed by atoms with E-state index in [9.17, 15) is 4.79 Å². The van der Waals surface area contributed by atoms with E-state index >= 15 is 0 Å². The summed E-state index contributed by atoms with van der Waals surface area (Å²) in [6.07, 6.45) is 0. The fraction of sp³-hybridized carbons (Fsp3) is 0.417. The average molecular weight is 305 g/mol. The lowest BCUT2D eigenvalue weighted by atomic mass is 10.1. The van der Waals surface area contributed by atoms with E-state index in [1.807, 2.05) is 38.1 Å². The van der Waals surface area contributed by atoms with Crippen LogP contribution in [-0.2, 0) is 4.79 Å². The summed E-state index contributed by atoms with van der Waals surface area (Å²) in [5.41, 5.74) is 1.07. The molecule has 0 bridgehead atoms. The van der Waals surface area contributed by atoms with Gasteiger partial charge in [0.15, 0.2) is 0 Å². The monoisotopic (exact) mass is 303 g/mol. The van der Waals surface area contributed by atoms with Crippen molar-refractivity contribution < 1.29 is 4.79 Å². The summed E-state index contributed by atoms with van der Waals surface area (Å²) in [5.74, 6) is 0.166. The number of hydrogen-bond donors (Lipinski definition) is 1. The van der Waals surface area contributed by atoms with E-state index in [0.717, 1.165) is 10.0 Å². The second-order valence-corrected chi connectivity index (χ2v) is 4.97. The highest BCUT2D eigenvalue weighted by Crippen LogP contribution is 2.22. The number of alkyl halides is 1. The van der Waals surface area contributed by atoms with Gasteiger partial charge in [0.25, 0.3) is 0 Å². The molecule has 1 rings (SSSR count). The zero-order valence-corrected chi connectivity index (χ0v) is 11.7. The van der Waals surface area contributed by atoms with Crippen LogP contribution in [-0.4, -0.2) is 11.8 Å². The number of rotatable bonds is 4. The van der Waals surface area contributed by atoms with Crippen LogP contribution < -0.4 is 5.32 Å². The number of amides is 1. The number of nitrogens with one attached hydrogen (secondary N) is 1. The van der Waals surface area contributed by atoms with Crippen LogP contribution in [0.4, 0.5) is 0 Å². The van der Waals surface area contributed by atoms with Gasteiger partial charge in [-0.25, -0.2) is 0 Å². The minimum absolute atomic E-state index is 0.0155. The molecule has 0 fully saturated rings. The molecule has 16 heavy (non-hydrogen) atoms. The third kappa shape index (κ3) is 3.49. The van der Waals surface area contributed by atoms with Gasteiger partial charge in [0.1, 0.15) is 0 Å². The van der Waals surface area contributed by atoms with Crippen LogP contribution in [0.1, 0.15) is 25.5 Å². The molecular formula is C12H15BrClNO. The predicted octanol–water partition coefficient (Wildman–Crippen LogP) is 3.50. The molecule has 1 N–H and O–H groups in total. The fourth-order valence-electron chi connectivity index (χ4n) is 1.33. The van der Waals surface area contributed by atoms with Gasteiger partial charge in [-0.15, -0.1) is 11.6 Å². The van der Waals surface area contributed by atoms with Crippen molar-refractivity contribution >= 4 is 33.4 Å². The molecule has 0 saturated heterocycles. The topological polar surface area (TPSA) is 29.1 Å². The Bertz CT molecular complexity index is 370. The van der Waals surface area contributed by atoms with Gasteiger partial charge in [-0.3, -0.25) is 4.79 Å². The van der Waals surface area contributed by atoms with Gasteiger partial charge in [0, 0.05) is 16.3 Å². The number of hydrogen-bond acceptors (Lipinski definition) is 1. The standard InChI is InChI=1S/C12H15BrClNO/c1-8(7-14)12(16)15-9(2)10-5-3-4-6-11(10)13/h3-6,8-9H,7H2,1-2H3,(H,15,16)/t8?,9-/m0/s1. The van der Waals surface area contributed by atoms with Crippen molar-refractivity contribution in [3.63, 3.8) is 0 Å². The molecule has 0 heterocycles. The fourth-order valence-corrected chi connectivity index (χ4v) is 2.10. The molecule has 0 aliphatic heterocycles. The Balaban J connectivity index is 2.69. The Kier molecular flexibility index (Phi) is 5.29. The molecule has 1 amide bonds. The molecule has 4 heteroatoms. The van der Waals surface area contributed by atoms with Crippen molar-refractivity contribution in [1.82, 2.24) is 5.32 Å². The van der Waals surface area contributed by atoms with Crippen molar-refractivity contribution in [2.45, 2.75) is 19.9 Å². The van der Waals surface area contributed by atoms with Crippen LogP contribution in [0, 0.1) is 5.92 Å². The van der Waals surface area contributed by atoms with E-state index in [0.29, 0.717) is 5.88 Å². The summed E-state index contributed by atoms with van der Waals surface area (Å²) >= 11 is 9.10. The Hall–Kier alpha value is -0.540. The molecule has 0 saturated carbocycles. The van der Waals surface area contributed by atoms with Gasteiger partial charge in [-0.1, -0.05) is 41.1 Å². The summed E-state index contributed by atoms with van der Waals surface area (Å²) in [6.45, 7) is 3.77. The highest BCUT2D eigenvalue weighted by molar-refractivity contribution is 9.10. The van der Waals surface area contributed by atoms with E-state index < -0.39 is 0 Å². The lowest BCUT2D eigenvalue weighted by molar-refractivity contribution is -0.124. The quantitative estimate of drug-likeness (QED) is 0.848. The number of halogens is 2. The first-order valence-corrected chi connectivity index (χ1v) is 6.49. The van der Waals surface area contributed by atoms with Crippen molar-refractivity contribution in [2.24, 2.45) is 5.92 Å². The first kappa shape index (κ1) is 13.5. The molecule has 1 unspecified atom stereocenters. The first-order valence-electron chi connectivity index (χ1n) is 5.17. The smallest absolute Gasteiger partial charge is 0.224 e. The second-order valence-electron chi connectivity index (χ2n) is 3.81. The Morgan fingerprint density at radius 2 is 2.06 bits per heavy atom. The van der Waals surface area contributed by atoms with E-state index in [1.54, 1.807) is 0 Å². The van der Waals surface area contributed by atoms with Gasteiger partial charge in [0.2, 0.25) is 5.91 Å². The Labute approximate surface area is 110 Å². The van der Waals surface area contributed by atoms with Crippen molar-refractivity contribution in [2.75, 3.05) is 5.88 Å². The number of carbonyl (C=O) groups is 1. The summed E-state index contributed by atoms with van der Waals surface area (Å²) in [4.78, 5) is 11.7. The van der Waals surface area contributed by atoms with Crippen LogP contribution in [0.15, 0.2) is 28.7 Å². The second kappa shape index (κ2) is 6.26. The summed E-state index contributed by atoms with van der Waals surface area (Å²) in [6, 6.07) is 7.83. The number of benzene rings is 1. The van der Waals surface area contributed by atoms with Crippen molar-refractivity contribution in [3.05, 3.63) is 34.3 Å². The van der Waals surface area contributed by atoms with Gasteiger partial charge in [-0.2, -0.15) is 0 Å². The van der Waals surface area contributed by atoms with Gasteiger partial charge < -0.3 is 5.32 Å². The van der Waals surface area contributed by atoms with Crippen LogP contribution in [0.5, 0.6) is 0 Å². The largest absolute Gasteiger partial charge is 0.349 e. The molecule has 0 aliphatic carbocycles. The maximum Gasteiger partial charge on any atom is 0.224 e. The van der Waals surface area contributed by atoms with E-state index in [2.05, 4.69) is 21.2 Å². The normalized spacial score (nSPS) is 14.2. The van der Waals surface area contributed by atoms with Crippen LogP contribution in [0.25, 0.3) is 0 Å².